The second-order valence-corrected chi connectivity index (χ2v) is 24.1. The average Bonchev–Trinajstić information content (AvgIpc) is 3.28. The third-order valence-electron chi connectivity index (χ3n) is 14.8. The second-order valence-electron chi connectivity index (χ2n) is 24.1. The molecule has 70 heavy (non-hydrogen) atoms. The number of unbranched alkanes of at least 4 members (excludes halogenated alkanes) is 27. The fourth-order valence-electron chi connectivity index (χ4n) is 9.85. The van der Waals surface area contributed by atoms with E-state index in [0.29, 0.717) is 0 Å². The van der Waals surface area contributed by atoms with Crippen LogP contribution in [-0.4, -0.2) is 97.5 Å². The summed E-state index contributed by atoms with van der Waals surface area (Å²) in [4.78, 5) is 7.39. The van der Waals surface area contributed by atoms with Crippen molar-refractivity contribution in [2.45, 2.75) is 350 Å². The molecule has 3 N–H and O–H groups in total. The summed E-state index contributed by atoms with van der Waals surface area (Å²) in [6.07, 6.45) is 60.0. The van der Waals surface area contributed by atoms with Gasteiger partial charge in [0.05, 0.1) is 0 Å². The Balaban J connectivity index is -0.000000448. The minimum Gasteiger partial charge on any atom is -0.402 e. The molecule has 0 aromatic rings. The Kier molecular flexibility index (Phi) is 66.9. The summed E-state index contributed by atoms with van der Waals surface area (Å²) in [6.45, 7) is 20.9. The molecule has 0 aliphatic heterocycles. The van der Waals surface area contributed by atoms with Crippen molar-refractivity contribution in [2.24, 2.45) is 17.8 Å². The van der Waals surface area contributed by atoms with Crippen molar-refractivity contribution in [3.8, 4) is 0 Å². The topological polar surface area (TPSA) is 70.4 Å². The van der Waals surface area contributed by atoms with Gasteiger partial charge in [-0.1, -0.05) is 293 Å². The van der Waals surface area contributed by atoms with Crippen LogP contribution in [0.2, 0.25) is 0 Å². The molecule has 3 atom stereocenters. The summed E-state index contributed by atoms with van der Waals surface area (Å²) in [6, 6.07) is 2.46. The predicted molar refractivity (Wildman–Crippen MR) is 320 cm³/mol. The highest BCUT2D eigenvalue weighted by Gasteiger charge is 2.13. The van der Waals surface area contributed by atoms with Crippen LogP contribution in [0.3, 0.4) is 0 Å². The van der Waals surface area contributed by atoms with Crippen LogP contribution in [0.5, 0.6) is 0 Å². The highest BCUT2D eigenvalue weighted by Crippen LogP contribution is 2.21. The molecule has 0 spiro atoms. The van der Waals surface area contributed by atoms with Crippen LogP contribution in [0.25, 0.3) is 0 Å². The number of nitrogens with zero attached hydrogens (tertiary/aromatic N) is 3. The Morgan fingerprint density at radius 2 is 0.371 bits per heavy atom. The smallest absolute Gasteiger partial charge is 0.402 e. The first kappa shape index (κ1) is 76.3. The molecule has 426 valence electrons. The first-order chi connectivity index (χ1) is 33.5. The summed E-state index contributed by atoms with van der Waals surface area (Å²) in [5, 5.41) is 21.5. The highest BCUT2D eigenvalue weighted by atomic mass is 16.5. The zero-order valence-electron chi connectivity index (χ0n) is 51.4. The number of hydrogen-bond acceptors (Lipinski definition) is 6. The molecule has 0 aliphatic rings. The van der Waals surface area contributed by atoms with Gasteiger partial charge in [0.15, 0.2) is 0 Å². The van der Waals surface area contributed by atoms with E-state index in [9.17, 15) is 0 Å². The first-order valence-corrected chi connectivity index (χ1v) is 31.5. The van der Waals surface area contributed by atoms with Gasteiger partial charge in [0.1, 0.15) is 0 Å². The fourth-order valence-corrected chi connectivity index (χ4v) is 9.85. The van der Waals surface area contributed by atoms with Crippen LogP contribution in [0, 0.1) is 17.8 Å². The molecule has 3 unspecified atom stereocenters. The highest BCUT2D eigenvalue weighted by molar-refractivity contribution is 6.30. The molecule has 0 rings (SSSR count). The normalized spacial score (nSPS) is 12.9. The van der Waals surface area contributed by atoms with E-state index in [1.165, 1.54) is 270 Å². The fraction of sp³-hybridized carbons (Fsp3) is 1.00. The summed E-state index contributed by atoms with van der Waals surface area (Å²) in [5.74, 6) is 2.64. The summed E-state index contributed by atoms with van der Waals surface area (Å²) >= 11 is 0. The van der Waals surface area contributed by atoms with Gasteiger partial charge in [0.2, 0.25) is 0 Å². The van der Waals surface area contributed by atoms with E-state index >= 15 is 0 Å². The van der Waals surface area contributed by atoms with Gasteiger partial charge < -0.3 is 29.8 Å². The summed E-state index contributed by atoms with van der Waals surface area (Å²) < 4.78 is 0. The molecular formula is C63H138BN3O3. The van der Waals surface area contributed by atoms with Crippen LogP contribution >= 0.6 is 0 Å². The van der Waals surface area contributed by atoms with Crippen molar-refractivity contribution in [3.63, 3.8) is 0 Å². The molecule has 0 aliphatic carbocycles. The zero-order valence-corrected chi connectivity index (χ0v) is 51.4. The van der Waals surface area contributed by atoms with Crippen molar-refractivity contribution in [2.75, 3.05) is 42.3 Å². The lowest BCUT2D eigenvalue weighted by Crippen LogP contribution is -2.27. The molecule has 0 saturated heterocycles. The molecule has 0 heterocycles. The predicted octanol–water partition coefficient (Wildman–Crippen LogP) is 19.1. The minimum atomic E-state index is -2.17. The average molecular weight is 997 g/mol. The molecule has 0 aromatic carbocycles. The van der Waals surface area contributed by atoms with Gasteiger partial charge >= 0.3 is 7.32 Å². The molecule has 0 saturated carbocycles. The largest absolute Gasteiger partial charge is 0.631 e. The van der Waals surface area contributed by atoms with Crippen LogP contribution in [0.15, 0.2) is 0 Å². The maximum atomic E-state index is 7.17. The van der Waals surface area contributed by atoms with Gasteiger partial charge in [-0.25, -0.2) is 0 Å². The maximum Gasteiger partial charge on any atom is 0.631 e. The van der Waals surface area contributed by atoms with E-state index in [1.54, 1.807) is 0 Å². The number of rotatable bonds is 48. The quantitative estimate of drug-likeness (QED) is 0.0417. The van der Waals surface area contributed by atoms with Crippen molar-refractivity contribution >= 4 is 7.32 Å². The lowest BCUT2D eigenvalue weighted by Gasteiger charge is -2.24. The van der Waals surface area contributed by atoms with Crippen LogP contribution in [0.4, 0.5) is 0 Å². The summed E-state index contributed by atoms with van der Waals surface area (Å²) in [5.41, 5.74) is 0. The third kappa shape index (κ3) is 69.9. The van der Waals surface area contributed by atoms with E-state index in [2.05, 4.69) is 119 Å². The van der Waals surface area contributed by atoms with Crippen molar-refractivity contribution in [3.05, 3.63) is 0 Å². The van der Waals surface area contributed by atoms with Crippen LogP contribution in [0.1, 0.15) is 332 Å². The standard InChI is InChI=1S/3C21H45N.BH3O3/c3*1-6-7-8-9-10-11-15-18-21(22(4)5)19-16-13-12-14-17-20(2)3;2-1(3)4/h3*20-21H,6-19H2,1-5H3;2-4H. The molecule has 0 aromatic heterocycles. The monoisotopic (exact) mass is 996 g/mol. The van der Waals surface area contributed by atoms with Gasteiger partial charge in [0, 0.05) is 18.1 Å². The molecule has 0 amide bonds. The van der Waals surface area contributed by atoms with Crippen molar-refractivity contribution in [1.82, 2.24) is 14.7 Å². The first-order valence-electron chi connectivity index (χ1n) is 31.5. The maximum absolute atomic E-state index is 7.17. The van der Waals surface area contributed by atoms with Gasteiger partial charge in [0.25, 0.3) is 0 Å². The lowest BCUT2D eigenvalue weighted by atomic mass is 9.98. The van der Waals surface area contributed by atoms with Crippen LogP contribution in [-0.2, 0) is 0 Å². The SMILES string of the molecule is CCCCCCCCCC(CCCCCCC(C)C)N(C)C.CCCCCCCCCC(CCCCCCC(C)C)N(C)C.CCCCCCCCCC(CCCCCCC(C)C)N(C)C.OB(O)O. The van der Waals surface area contributed by atoms with E-state index in [4.69, 9.17) is 15.1 Å². The van der Waals surface area contributed by atoms with E-state index < -0.39 is 7.32 Å². The van der Waals surface area contributed by atoms with Crippen molar-refractivity contribution in [1.29, 1.82) is 0 Å². The Morgan fingerprint density at radius 3 is 0.500 bits per heavy atom. The molecule has 0 fully saturated rings. The van der Waals surface area contributed by atoms with E-state index in [0.717, 1.165) is 35.9 Å². The Morgan fingerprint density at radius 1 is 0.243 bits per heavy atom. The third-order valence-corrected chi connectivity index (χ3v) is 14.8. The van der Waals surface area contributed by atoms with Crippen molar-refractivity contribution < 1.29 is 15.1 Å². The Hall–Kier alpha value is -0.175. The zero-order chi connectivity index (χ0) is 53.5. The van der Waals surface area contributed by atoms with E-state index in [1.807, 2.05) is 0 Å². The lowest BCUT2D eigenvalue weighted by molar-refractivity contribution is 0.251. The van der Waals surface area contributed by atoms with Gasteiger partial charge in [-0.15, -0.1) is 0 Å². The molecular weight excluding hydrogens is 858 g/mol. The Bertz CT molecular complexity index is 805. The molecule has 7 heteroatoms. The second kappa shape index (κ2) is 61.4. The van der Waals surface area contributed by atoms with Crippen LogP contribution < -0.4 is 0 Å². The van der Waals surface area contributed by atoms with Gasteiger partial charge in [-0.05, 0) is 98.6 Å². The van der Waals surface area contributed by atoms with Gasteiger partial charge in [-0.3, -0.25) is 0 Å². The minimum absolute atomic E-state index is 0.820. The summed E-state index contributed by atoms with van der Waals surface area (Å²) in [7, 11) is 11.4. The van der Waals surface area contributed by atoms with Gasteiger partial charge in [-0.2, -0.15) is 0 Å². The Labute approximate surface area is 445 Å². The molecule has 6 nitrogen and oxygen atoms in total. The molecule has 0 bridgehead atoms. The van der Waals surface area contributed by atoms with E-state index in [-0.39, 0.29) is 0 Å². The number of hydrogen-bond donors (Lipinski definition) is 3. The molecule has 0 radical (unpaired) electrons.